The Morgan fingerprint density at radius 1 is 1.50 bits per heavy atom. The second-order valence-corrected chi connectivity index (χ2v) is 5.24. The molecule has 1 aliphatic rings. The molecule has 1 fully saturated rings. The van der Waals surface area contributed by atoms with Crippen molar-refractivity contribution in [3.05, 3.63) is 35.4 Å². The van der Waals surface area contributed by atoms with Crippen LogP contribution in [-0.4, -0.2) is 43.7 Å². The highest BCUT2D eigenvalue weighted by Gasteiger charge is 2.14. The number of nitrogens with one attached hydrogen (secondary N) is 2. The summed E-state index contributed by atoms with van der Waals surface area (Å²) < 4.78 is 10.1. The Morgan fingerprint density at radius 3 is 2.91 bits per heavy atom. The molecule has 2 rings (SSSR count). The van der Waals surface area contributed by atoms with Crippen molar-refractivity contribution in [3.63, 3.8) is 0 Å². The fourth-order valence-electron chi connectivity index (χ4n) is 2.04. The van der Waals surface area contributed by atoms with Gasteiger partial charge < -0.3 is 14.8 Å². The van der Waals surface area contributed by atoms with Gasteiger partial charge in [0.05, 0.1) is 25.0 Å². The lowest BCUT2D eigenvalue weighted by Crippen LogP contribution is -2.37. The number of rotatable bonds is 5. The molecule has 1 saturated heterocycles. The van der Waals surface area contributed by atoms with Crippen LogP contribution in [-0.2, 0) is 9.47 Å². The third-order valence-electron chi connectivity index (χ3n) is 3.23. The van der Waals surface area contributed by atoms with Crippen LogP contribution in [0.3, 0.4) is 0 Å². The number of esters is 1. The summed E-state index contributed by atoms with van der Waals surface area (Å²) in [6.45, 7) is 1.52. The van der Waals surface area contributed by atoms with E-state index in [2.05, 4.69) is 20.6 Å². The Balaban J connectivity index is 1.74. The first-order valence-corrected chi connectivity index (χ1v) is 7.47. The second-order valence-electron chi connectivity index (χ2n) is 4.83. The highest BCUT2D eigenvalue weighted by Crippen LogP contribution is 2.10. The van der Waals surface area contributed by atoms with E-state index < -0.39 is 0 Å². The molecule has 0 amide bonds. The summed E-state index contributed by atoms with van der Waals surface area (Å²) in [5.74, 6) is -0.360. The molecule has 0 aliphatic carbocycles. The normalized spacial score (nSPS) is 17.4. The number of carbonyl (C=O) groups excluding carboxylic acids is 1. The van der Waals surface area contributed by atoms with Crippen LogP contribution in [0.1, 0.15) is 28.8 Å². The average molecular weight is 321 g/mol. The maximum atomic E-state index is 11.3. The van der Waals surface area contributed by atoms with Crippen LogP contribution in [0.2, 0.25) is 0 Å². The van der Waals surface area contributed by atoms with Gasteiger partial charge in [-0.3, -0.25) is 5.43 Å². The SMILES string of the molecule is COC(=O)c1ccc(/C=N\NC(=S)NC[C@H]2CCCO2)cc1. The zero-order valence-electron chi connectivity index (χ0n) is 12.4. The molecule has 0 unspecified atom stereocenters. The van der Waals surface area contributed by atoms with Gasteiger partial charge in [-0.05, 0) is 42.8 Å². The van der Waals surface area contributed by atoms with E-state index in [9.17, 15) is 4.79 Å². The topological polar surface area (TPSA) is 72.0 Å². The predicted octanol–water partition coefficient (Wildman–Crippen LogP) is 1.45. The molecule has 1 atom stereocenters. The molecule has 0 saturated carbocycles. The molecule has 1 heterocycles. The van der Waals surface area contributed by atoms with Gasteiger partial charge in [-0.1, -0.05) is 12.1 Å². The van der Waals surface area contributed by atoms with E-state index in [-0.39, 0.29) is 12.1 Å². The lowest BCUT2D eigenvalue weighted by atomic mass is 10.1. The molecule has 1 aromatic carbocycles. The van der Waals surface area contributed by atoms with Crippen molar-refractivity contribution in [1.29, 1.82) is 0 Å². The number of hydrazone groups is 1. The molecule has 2 N–H and O–H groups in total. The van der Waals surface area contributed by atoms with Crippen molar-refractivity contribution in [3.8, 4) is 0 Å². The van der Waals surface area contributed by atoms with E-state index in [1.54, 1.807) is 30.5 Å². The monoisotopic (exact) mass is 321 g/mol. The smallest absolute Gasteiger partial charge is 0.337 e. The lowest BCUT2D eigenvalue weighted by Gasteiger charge is -2.11. The minimum absolute atomic E-state index is 0.231. The standard InChI is InChI=1S/C15H19N3O3S/c1-20-14(19)12-6-4-11(5-7-12)9-17-18-15(22)16-10-13-3-2-8-21-13/h4-7,9,13H,2-3,8,10H2,1H3,(H2,16,18,22)/b17-9-/t13-/m1/s1. The first-order chi connectivity index (χ1) is 10.7. The van der Waals surface area contributed by atoms with Crippen molar-refractivity contribution in [2.45, 2.75) is 18.9 Å². The number of hydrogen-bond donors (Lipinski definition) is 2. The first-order valence-electron chi connectivity index (χ1n) is 7.06. The largest absolute Gasteiger partial charge is 0.465 e. The minimum atomic E-state index is -0.360. The summed E-state index contributed by atoms with van der Waals surface area (Å²) in [5.41, 5.74) is 4.10. The van der Waals surface area contributed by atoms with E-state index in [4.69, 9.17) is 17.0 Å². The van der Waals surface area contributed by atoms with E-state index in [1.807, 2.05) is 0 Å². The predicted molar refractivity (Wildman–Crippen MR) is 88.1 cm³/mol. The van der Waals surface area contributed by atoms with Gasteiger partial charge in [-0.25, -0.2) is 4.79 Å². The van der Waals surface area contributed by atoms with Crippen molar-refractivity contribution in [2.75, 3.05) is 20.3 Å². The molecule has 0 aromatic heterocycles. The number of methoxy groups -OCH3 is 1. The fraction of sp³-hybridized carbons (Fsp3) is 0.400. The Hall–Kier alpha value is -1.99. The molecule has 7 heteroatoms. The van der Waals surface area contributed by atoms with Gasteiger partial charge in [-0.2, -0.15) is 5.10 Å². The molecule has 1 aromatic rings. The van der Waals surface area contributed by atoms with Gasteiger partial charge in [0.1, 0.15) is 0 Å². The van der Waals surface area contributed by atoms with Gasteiger partial charge >= 0.3 is 5.97 Å². The number of nitrogens with zero attached hydrogens (tertiary/aromatic N) is 1. The maximum Gasteiger partial charge on any atom is 0.337 e. The number of carbonyl (C=O) groups is 1. The summed E-state index contributed by atoms with van der Waals surface area (Å²) in [7, 11) is 1.35. The van der Waals surface area contributed by atoms with Crippen LogP contribution >= 0.6 is 12.2 Å². The molecule has 1 aliphatic heterocycles. The maximum absolute atomic E-state index is 11.3. The summed E-state index contributed by atoms with van der Waals surface area (Å²) in [6.07, 6.45) is 4.02. The van der Waals surface area contributed by atoms with Crippen LogP contribution in [0.25, 0.3) is 0 Å². The molecule has 0 bridgehead atoms. The van der Waals surface area contributed by atoms with Crippen molar-refractivity contribution in [2.24, 2.45) is 5.10 Å². The first kappa shape index (κ1) is 16.4. The highest BCUT2D eigenvalue weighted by molar-refractivity contribution is 7.80. The summed E-state index contributed by atoms with van der Waals surface area (Å²) in [6, 6.07) is 6.92. The van der Waals surface area contributed by atoms with E-state index in [0.29, 0.717) is 17.2 Å². The molecule has 6 nitrogen and oxygen atoms in total. The number of hydrogen-bond acceptors (Lipinski definition) is 5. The molecule has 0 spiro atoms. The van der Waals surface area contributed by atoms with Gasteiger partial charge in [0.15, 0.2) is 5.11 Å². The van der Waals surface area contributed by atoms with Gasteiger partial charge in [0.25, 0.3) is 0 Å². The third kappa shape index (κ3) is 5.09. The van der Waals surface area contributed by atoms with Crippen LogP contribution in [0, 0.1) is 0 Å². The van der Waals surface area contributed by atoms with Gasteiger partial charge in [0.2, 0.25) is 0 Å². The van der Waals surface area contributed by atoms with E-state index in [0.717, 1.165) is 25.0 Å². The van der Waals surface area contributed by atoms with Crippen LogP contribution in [0.4, 0.5) is 0 Å². The van der Waals surface area contributed by atoms with Crippen LogP contribution in [0.5, 0.6) is 0 Å². The lowest BCUT2D eigenvalue weighted by molar-refractivity contribution is 0.0600. The van der Waals surface area contributed by atoms with Crippen LogP contribution in [0.15, 0.2) is 29.4 Å². The van der Waals surface area contributed by atoms with E-state index in [1.165, 1.54) is 7.11 Å². The Morgan fingerprint density at radius 2 is 2.27 bits per heavy atom. The summed E-state index contributed by atoms with van der Waals surface area (Å²) in [4.78, 5) is 11.3. The Kier molecular flexibility index (Phi) is 6.29. The Bertz CT molecular complexity index is 539. The van der Waals surface area contributed by atoms with Crippen molar-refractivity contribution in [1.82, 2.24) is 10.7 Å². The van der Waals surface area contributed by atoms with Crippen molar-refractivity contribution < 1.29 is 14.3 Å². The molecule has 118 valence electrons. The molecular formula is C15H19N3O3S. The van der Waals surface area contributed by atoms with Gasteiger partial charge in [-0.15, -0.1) is 0 Å². The third-order valence-corrected chi connectivity index (χ3v) is 3.46. The highest BCUT2D eigenvalue weighted by atomic mass is 32.1. The zero-order valence-corrected chi connectivity index (χ0v) is 13.2. The molecule has 0 radical (unpaired) electrons. The zero-order chi connectivity index (χ0) is 15.8. The minimum Gasteiger partial charge on any atom is -0.465 e. The van der Waals surface area contributed by atoms with Crippen LogP contribution < -0.4 is 10.7 Å². The number of ether oxygens (including phenoxy) is 2. The number of benzene rings is 1. The van der Waals surface area contributed by atoms with E-state index >= 15 is 0 Å². The average Bonchev–Trinajstić information content (AvgIpc) is 3.06. The Labute approximate surface area is 134 Å². The quantitative estimate of drug-likeness (QED) is 0.370. The molecule has 22 heavy (non-hydrogen) atoms. The summed E-state index contributed by atoms with van der Waals surface area (Å²) in [5, 5.41) is 7.57. The second kappa shape index (κ2) is 8.45. The number of thiocarbonyl (C=S) groups is 1. The fourth-order valence-corrected chi connectivity index (χ4v) is 2.18. The van der Waals surface area contributed by atoms with Crippen molar-refractivity contribution >= 4 is 29.5 Å². The molecular weight excluding hydrogens is 302 g/mol. The van der Waals surface area contributed by atoms with Gasteiger partial charge in [0, 0.05) is 13.2 Å². The summed E-state index contributed by atoms with van der Waals surface area (Å²) >= 11 is 5.12.